The van der Waals surface area contributed by atoms with Crippen molar-refractivity contribution < 1.29 is 9.59 Å². The van der Waals surface area contributed by atoms with Crippen molar-refractivity contribution >= 4 is 23.2 Å². The number of nitrogens with zero attached hydrogens (tertiary/aromatic N) is 1. The highest BCUT2D eigenvalue weighted by molar-refractivity contribution is 6.03. The fraction of sp³-hybridized carbons (Fsp3) is 0.333. The zero-order valence-corrected chi connectivity index (χ0v) is 20.7. The molecule has 0 unspecified atom stereocenters. The van der Waals surface area contributed by atoms with Crippen LogP contribution < -0.4 is 15.5 Å². The van der Waals surface area contributed by atoms with Gasteiger partial charge in [0.05, 0.1) is 11.5 Å². The first-order valence-electron chi connectivity index (χ1n) is 12.7. The third-order valence-electron chi connectivity index (χ3n) is 6.72. The number of benzene rings is 3. The molecule has 35 heavy (non-hydrogen) atoms. The van der Waals surface area contributed by atoms with Gasteiger partial charge in [0.1, 0.15) is 0 Å². The van der Waals surface area contributed by atoms with E-state index in [-0.39, 0.29) is 17.9 Å². The van der Waals surface area contributed by atoms with E-state index in [4.69, 9.17) is 0 Å². The zero-order valence-electron chi connectivity index (χ0n) is 20.7. The maximum Gasteiger partial charge on any atom is 0.253 e. The minimum Gasteiger partial charge on any atom is -0.371 e. The van der Waals surface area contributed by atoms with Gasteiger partial charge >= 0.3 is 0 Å². The van der Waals surface area contributed by atoms with Crippen molar-refractivity contribution in [3.63, 3.8) is 0 Å². The van der Waals surface area contributed by atoms with Gasteiger partial charge in [-0.15, -0.1) is 0 Å². The molecule has 1 aliphatic heterocycles. The summed E-state index contributed by atoms with van der Waals surface area (Å²) in [7, 11) is 0. The van der Waals surface area contributed by atoms with E-state index >= 15 is 0 Å². The topological polar surface area (TPSA) is 61.4 Å². The van der Waals surface area contributed by atoms with Crippen LogP contribution in [0.4, 0.5) is 11.4 Å². The molecule has 0 radical (unpaired) electrons. The zero-order chi connectivity index (χ0) is 24.6. The van der Waals surface area contributed by atoms with E-state index in [9.17, 15) is 9.59 Å². The molecule has 4 rings (SSSR count). The minimum absolute atomic E-state index is 0.0792. The molecule has 1 saturated heterocycles. The van der Waals surface area contributed by atoms with Crippen LogP contribution in [0.25, 0.3) is 0 Å². The number of nitrogens with one attached hydrogen (secondary N) is 2. The molecule has 1 fully saturated rings. The van der Waals surface area contributed by atoms with E-state index in [1.165, 1.54) is 6.42 Å². The molecular formula is C30H35N3O2. The summed E-state index contributed by atoms with van der Waals surface area (Å²) in [6.45, 7) is 5.95. The van der Waals surface area contributed by atoms with Crippen LogP contribution in [0.5, 0.6) is 0 Å². The molecule has 0 bridgehead atoms. The van der Waals surface area contributed by atoms with Crippen LogP contribution >= 0.6 is 0 Å². The summed E-state index contributed by atoms with van der Waals surface area (Å²) < 4.78 is 0. The van der Waals surface area contributed by atoms with Gasteiger partial charge in [-0.1, -0.05) is 67.6 Å². The van der Waals surface area contributed by atoms with Gasteiger partial charge in [-0.2, -0.15) is 0 Å². The molecule has 0 aliphatic carbocycles. The Hall–Kier alpha value is -3.60. The van der Waals surface area contributed by atoms with Crippen molar-refractivity contribution in [2.24, 2.45) is 0 Å². The van der Waals surface area contributed by atoms with E-state index in [0.29, 0.717) is 11.3 Å². The smallest absolute Gasteiger partial charge is 0.253 e. The molecule has 3 aromatic carbocycles. The van der Waals surface area contributed by atoms with Crippen molar-refractivity contribution in [2.75, 3.05) is 23.3 Å². The fourth-order valence-electron chi connectivity index (χ4n) is 4.61. The number of carbonyl (C=O) groups excluding carboxylic acids is 2. The first-order chi connectivity index (χ1) is 17.1. The highest BCUT2D eigenvalue weighted by Gasteiger charge is 2.24. The van der Waals surface area contributed by atoms with Crippen molar-refractivity contribution in [3.05, 3.63) is 95.6 Å². The number of amides is 2. The Kier molecular flexibility index (Phi) is 8.19. The summed E-state index contributed by atoms with van der Waals surface area (Å²) in [5, 5.41) is 6.20. The molecule has 182 valence electrons. The molecule has 0 spiro atoms. The minimum atomic E-state index is -0.448. The van der Waals surface area contributed by atoms with Gasteiger partial charge in [0, 0.05) is 30.5 Å². The van der Waals surface area contributed by atoms with Gasteiger partial charge < -0.3 is 15.5 Å². The van der Waals surface area contributed by atoms with Gasteiger partial charge in [0.25, 0.3) is 5.91 Å². The highest BCUT2D eigenvalue weighted by atomic mass is 16.2. The standard InChI is InChI=1S/C30H35N3O2/c1-3-22(2)31-29(34)26-21-25(17-18-27(26)33-19-11-6-12-20-33)32-30(35)28(23-13-7-4-8-14-23)24-15-9-5-10-16-24/h4-5,7-10,13-18,21-22,28H,3,6,11-12,19-20H2,1-2H3,(H,31,34)(H,32,35)/t22-/m1/s1. The number of carbonyl (C=O) groups is 2. The van der Waals surface area contributed by atoms with Gasteiger partial charge in [0.2, 0.25) is 5.91 Å². The summed E-state index contributed by atoms with van der Waals surface area (Å²) >= 11 is 0. The van der Waals surface area contributed by atoms with Gasteiger partial charge in [-0.3, -0.25) is 9.59 Å². The van der Waals surface area contributed by atoms with Crippen LogP contribution in [-0.2, 0) is 4.79 Å². The molecule has 1 heterocycles. The SMILES string of the molecule is CC[C@@H](C)NC(=O)c1cc(NC(=O)C(c2ccccc2)c2ccccc2)ccc1N1CCCCC1. The monoisotopic (exact) mass is 469 g/mol. The summed E-state index contributed by atoms with van der Waals surface area (Å²) in [5.74, 6) is -0.670. The molecule has 3 aromatic rings. The van der Waals surface area contributed by atoms with E-state index < -0.39 is 5.92 Å². The normalized spacial score (nSPS) is 14.4. The maximum absolute atomic E-state index is 13.6. The second kappa shape index (κ2) is 11.7. The van der Waals surface area contributed by atoms with Crippen molar-refractivity contribution in [3.8, 4) is 0 Å². The molecule has 0 saturated carbocycles. The molecular weight excluding hydrogens is 434 g/mol. The molecule has 5 nitrogen and oxygen atoms in total. The predicted molar refractivity (Wildman–Crippen MR) is 143 cm³/mol. The van der Waals surface area contributed by atoms with Crippen LogP contribution in [0, 0.1) is 0 Å². The van der Waals surface area contributed by atoms with Gasteiger partial charge in [-0.25, -0.2) is 0 Å². The van der Waals surface area contributed by atoms with E-state index in [1.807, 2.05) is 85.8 Å². The molecule has 5 heteroatoms. The lowest BCUT2D eigenvalue weighted by atomic mass is 9.90. The summed E-state index contributed by atoms with van der Waals surface area (Å²) in [6.07, 6.45) is 4.33. The Balaban J connectivity index is 1.65. The molecule has 2 amide bonds. The number of hydrogen-bond donors (Lipinski definition) is 2. The van der Waals surface area contributed by atoms with Crippen LogP contribution in [-0.4, -0.2) is 30.9 Å². The fourth-order valence-corrected chi connectivity index (χ4v) is 4.61. The largest absolute Gasteiger partial charge is 0.371 e. The average molecular weight is 470 g/mol. The van der Waals surface area contributed by atoms with Crippen molar-refractivity contribution in [1.82, 2.24) is 5.32 Å². The molecule has 1 atom stereocenters. The Labute approximate surface area is 208 Å². The Morgan fingerprint density at radius 1 is 0.857 bits per heavy atom. The highest BCUT2D eigenvalue weighted by Crippen LogP contribution is 2.30. The van der Waals surface area contributed by atoms with E-state index in [2.05, 4.69) is 22.5 Å². The first-order valence-corrected chi connectivity index (χ1v) is 12.7. The lowest BCUT2D eigenvalue weighted by Crippen LogP contribution is -2.35. The van der Waals surface area contributed by atoms with Crippen LogP contribution in [0.3, 0.4) is 0 Å². The van der Waals surface area contributed by atoms with Crippen molar-refractivity contribution in [2.45, 2.75) is 51.5 Å². The van der Waals surface area contributed by atoms with Crippen LogP contribution in [0.1, 0.15) is 66.9 Å². The second-order valence-corrected chi connectivity index (χ2v) is 9.31. The maximum atomic E-state index is 13.6. The first kappa shape index (κ1) is 24.5. The number of rotatable bonds is 8. The summed E-state index contributed by atoms with van der Waals surface area (Å²) in [5.41, 5.74) is 4.03. The quantitative estimate of drug-likeness (QED) is 0.427. The Morgan fingerprint density at radius 3 is 2.03 bits per heavy atom. The second-order valence-electron chi connectivity index (χ2n) is 9.31. The molecule has 2 N–H and O–H groups in total. The van der Waals surface area contributed by atoms with E-state index in [1.54, 1.807) is 0 Å². The van der Waals surface area contributed by atoms with Crippen LogP contribution in [0.15, 0.2) is 78.9 Å². The molecule has 1 aliphatic rings. The average Bonchev–Trinajstić information content (AvgIpc) is 2.90. The Morgan fingerprint density at radius 2 is 1.46 bits per heavy atom. The van der Waals surface area contributed by atoms with Gasteiger partial charge in [-0.05, 0) is 61.9 Å². The number of hydrogen-bond acceptors (Lipinski definition) is 3. The third-order valence-corrected chi connectivity index (χ3v) is 6.72. The van der Waals surface area contributed by atoms with Crippen molar-refractivity contribution in [1.29, 1.82) is 0 Å². The summed E-state index contributed by atoms with van der Waals surface area (Å²) in [6, 6.07) is 25.4. The Bertz CT molecular complexity index is 1090. The lowest BCUT2D eigenvalue weighted by molar-refractivity contribution is -0.116. The predicted octanol–water partition coefficient (Wildman–Crippen LogP) is 5.98. The summed E-state index contributed by atoms with van der Waals surface area (Å²) in [4.78, 5) is 29.1. The van der Waals surface area contributed by atoms with Gasteiger partial charge in [0.15, 0.2) is 0 Å². The van der Waals surface area contributed by atoms with E-state index in [0.717, 1.165) is 49.2 Å². The number of anilines is 2. The third kappa shape index (κ3) is 6.10. The molecule has 0 aromatic heterocycles. The van der Waals surface area contributed by atoms with Crippen LogP contribution in [0.2, 0.25) is 0 Å². The number of piperidine rings is 1. The lowest BCUT2D eigenvalue weighted by Gasteiger charge is -2.31.